The summed E-state index contributed by atoms with van der Waals surface area (Å²) in [7, 11) is 0. The lowest BCUT2D eigenvalue weighted by Gasteiger charge is -2.18. The molecule has 1 rings (SSSR count). The van der Waals surface area contributed by atoms with Crippen molar-refractivity contribution in [1.82, 2.24) is 5.32 Å². The Bertz CT molecular complexity index is 545. The maximum absolute atomic E-state index is 13.6. The highest BCUT2D eigenvalue weighted by Crippen LogP contribution is 2.14. The van der Waals surface area contributed by atoms with Crippen molar-refractivity contribution in [2.75, 3.05) is 6.54 Å². The van der Waals surface area contributed by atoms with E-state index in [1.165, 1.54) is 18.2 Å². The lowest BCUT2D eigenvalue weighted by molar-refractivity contribution is -0.131. The van der Waals surface area contributed by atoms with Crippen molar-refractivity contribution in [2.24, 2.45) is 5.41 Å². The summed E-state index contributed by atoms with van der Waals surface area (Å²) in [4.78, 5) is 22.3. The number of carbonyl (C=O) groups excluding carboxylic acids is 1. The van der Waals surface area contributed by atoms with Crippen molar-refractivity contribution in [1.29, 1.82) is 0 Å². The summed E-state index contributed by atoms with van der Waals surface area (Å²) in [5, 5.41) is 11.2. The molecule has 0 radical (unpaired) electrons. The van der Waals surface area contributed by atoms with Crippen molar-refractivity contribution in [3.05, 3.63) is 41.2 Å². The molecule has 0 unspecified atom stereocenters. The lowest BCUT2D eigenvalue weighted by Crippen LogP contribution is -2.32. The zero-order valence-corrected chi connectivity index (χ0v) is 11.7. The Hall–Kier alpha value is -2.17. The van der Waals surface area contributed by atoms with Crippen LogP contribution < -0.4 is 5.32 Å². The second-order valence-electron chi connectivity index (χ2n) is 5.65. The Morgan fingerprint density at radius 2 is 2.00 bits per heavy atom. The molecule has 0 saturated carbocycles. The molecule has 0 aliphatic rings. The van der Waals surface area contributed by atoms with Gasteiger partial charge in [0.1, 0.15) is 5.82 Å². The van der Waals surface area contributed by atoms with Crippen LogP contribution in [0.25, 0.3) is 6.08 Å². The van der Waals surface area contributed by atoms with Gasteiger partial charge < -0.3 is 10.4 Å². The fraction of sp³-hybridized carbons (Fsp3) is 0.333. The van der Waals surface area contributed by atoms with Crippen LogP contribution in [0.5, 0.6) is 0 Å². The predicted octanol–water partition coefficient (Wildman–Crippen LogP) is 2.70. The first-order chi connectivity index (χ1) is 9.19. The van der Waals surface area contributed by atoms with Gasteiger partial charge in [-0.2, -0.15) is 0 Å². The molecular formula is C15H18FNO3. The Labute approximate surface area is 117 Å². The molecular weight excluding hydrogens is 261 g/mol. The average molecular weight is 279 g/mol. The van der Waals surface area contributed by atoms with Crippen LogP contribution in [-0.2, 0) is 4.79 Å². The molecule has 2 N–H and O–H groups in total. The van der Waals surface area contributed by atoms with Gasteiger partial charge in [0.2, 0.25) is 0 Å². The van der Waals surface area contributed by atoms with Gasteiger partial charge in [0.15, 0.2) is 0 Å². The van der Waals surface area contributed by atoms with Crippen molar-refractivity contribution >= 4 is 18.0 Å². The number of rotatable bonds is 4. The summed E-state index contributed by atoms with van der Waals surface area (Å²) >= 11 is 0. The van der Waals surface area contributed by atoms with E-state index in [4.69, 9.17) is 5.11 Å². The second kappa shape index (κ2) is 6.32. The summed E-state index contributed by atoms with van der Waals surface area (Å²) in [6.45, 7) is 6.28. The normalized spacial score (nSPS) is 11.6. The van der Waals surface area contributed by atoms with Gasteiger partial charge in [0, 0.05) is 12.6 Å². The molecule has 0 heterocycles. The largest absolute Gasteiger partial charge is 0.478 e. The van der Waals surface area contributed by atoms with Gasteiger partial charge in [-0.3, -0.25) is 4.79 Å². The van der Waals surface area contributed by atoms with Crippen LogP contribution in [0.15, 0.2) is 24.3 Å². The van der Waals surface area contributed by atoms with E-state index < -0.39 is 17.7 Å². The fourth-order valence-electron chi connectivity index (χ4n) is 1.43. The number of hydrogen-bond acceptors (Lipinski definition) is 2. The first-order valence-electron chi connectivity index (χ1n) is 6.18. The molecule has 1 aromatic carbocycles. The minimum Gasteiger partial charge on any atom is -0.478 e. The van der Waals surface area contributed by atoms with Crippen LogP contribution in [0.4, 0.5) is 4.39 Å². The maximum atomic E-state index is 13.6. The van der Waals surface area contributed by atoms with Gasteiger partial charge >= 0.3 is 5.97 Å². The van der Waals surface area contributed by atoms with E-state index in [1.54, 1.807) is 0 Å². The molecule has 5 heteroatoms. The molecule has 1 amide bonds. The molecule has 0 aromatic heterocycles. The molecule has 0 aliphatic heterocycles. The van der Waals surface area contributed by atoms with E-state index in [0.717, 1.165) is 12.1 Å². The van der Waals surface area contributed by atoms with Gasteiger partial charge in [-0.05, 0) is 29.2 Å². The molecule has 0 fully saturated rings. The number of halogens is 1. The third-order valence-electron chi connectivity index (χ3n) is 2.43. The minimum atomic E-state index is -1.10. The molecule has 0 aliphatic carbocycles. The van der Waals surface area contributed by atoms with Crippen molar-refractivity contribution in [2.45, 2.75) is 20.8 Å². The van der Waals surface area contributed by atoms with Crippen molar-refractivity contribution in [3.63, 3.8) is 0 Å². The van der Waals surface area contributed by atoms with E-state index in [1.807, 2.05) is 20.8 Å². The zero-order chi connectivity index (χ0) is 15.3. The third-order valence-corrected chi connectivity index (χ3v) is 2.43. The van der Waals surface area contributed by atoms with Crippen LogP contribution in [0, 0.1) is 11.2 Å². The van der Waals surface area contributed by atoms with E-state index >= 15 is 0 Å². The monoisotopic (exact) mass is 279 g/mol. The molecule has 0 atom stereocenters. The minimum absolute atomic E-state index is 0.0956. The Morgan fingerprint density at radius 1 is 1.35 bits per heavy atom. The maximum Gasteiger partial charge on any atom is 0.328 e. The highest BCUT2D eigenvalue weighted by Gasteiger charge is 2.16. The van der Waals surface area contributed by atoms with Crippen LogP contribution in [0.1, 0.15) is 36.7 Å². The van der Waals surface area contributed by atoms with E-state index in [0.29, 0.717) is 12.1 Å². The first kappa shape index (κ1) is 15.9. The van der Waals surface area contributed by atoms with E-state index in [9.17, 15) is 14.0 Å². The summed E-state index contributed by atoms with van der Waals surface area (Å²) in [6.07, 6.45) is 2.24. The number of carboxylic acid groups (broad SMARTS) is 1. The number of carbonyl (C=O) groups is 2. The Morgan fingerprint density at radius 3 is 2.55 bits per heavy atom. The molecule has 108 valence electrons. The number of aliphatic carboxylic acids is 1. The molecule has 4 nitrogen and oxygen atoms in total. The predicted molar refractivity (Wildman–Crippen MR) is 74.9 cm³/mol. The number of nitrogens with one attached hydrogen (secondary N) is 1. The topological polar surface area (TPSA) is 66.4 Å². The first-order valence-corrected chi connectivity index (χ1v) is 6.18. The SMILES string of the molecule is CC(C)(C)CNC(=O)c1cc(C=CC(=O)O)ccc1F. The zero-order valence-electron chi connectivity index (χ0n) is 11.7. The molecule has 0 bridgehead atoms. The quantitative estimate of drug-likeness (QED) is 0.833. The van der Waals surface area contributed by atoms with E-state index in [2.05, 4.69) is 5.32 Å². The number of benzene rings is 1. The summed E-state index contributed by atoms with van der Waals surface area (Å²) in [6, 6.07) is 3.88. The summed E-state index contributed by atoms with van der Waals surface area (Å²) < 4.78 is 13.6. The standard InChI is InChI=1S/C15H18FNO3/c1-15(2,3)9-17-14(20)11-8-10(4-6-12(11)16)5-7-13(18)19/h4-8H,9H2,1-3H3,(H,17,20)(H,18,19). The smallest absolute Gasteiger partial charge is 0.328 e. The molecule has 20 heavy (non-hydrogen) atoms. The number of amides is 1. The average Bonchev–Trinajstić information content (AvgIpc) is 2.34. The highest BCUT2D eigenvalue weighted by molar-refractivity contribution is 5.95. The molecule has 1 aromatic rings. The third kappa shape index (κ3) is 5.22. The van der Waals surface area contributed by atoms with Crippen LogP contribution >= 0.6 is 0 Å². The molecule has 0 spiro atoms. The summed E-state index contributed by atoms with van der Waals surface area (Å²) in [5.74, 6) is -2.25. The van der Waals surface area contributed by atoms with Gasteiger partial charge in [0.25, 0.3) is 5.91 Å². The van der Waals surface area contributed by atoms with Gasteiger partial charge in [-0.15, -0.1) is 0 Å². The molecule has 0 saturated heterocycles. The number of carboxylic acids is 1. The van der Waals surface area contributed by atoms with Crippen molar-refractivity contribution in [3.8, 4) is 0 Å². The number of hydrogen-bond donors (Lipinski definition) is 2. The Balaban J connectivity index is 2.91. The lowest BCUT2D eigenvalue weighted by atomic mass is 9.97. The van der Waals surface area contributed by atoms with Crippen LogP contribution in [0.3, 0.4) is 0 Å². The van der Waals surface area contributed by atoms with Gasteiger partial charge in [-0.25, -0.2) is 9.18 Å². The van der Waals surface area contributed by atoms with Crippen LogP contribution in [0.2, 0.25) is 0 Å². The highest BCUT2D eigenvalue weighted by atomic mass is 19.1. The Kier molecular flexibility index (Phi) is 5.02. The van der Waals surface area contributed by atoms with Gasteiger partial charge in [-0.1, -0.05) is 26.8 Å². The second-order valence-corrected chi connectivity index (χ2v) is 5.65. The van der Waals surface area contributed by atoms with Crippen LogP contribution in [-0.4, -0.2) is 23.5 Å². The van der Waals surface area contributed by atoms with Gasteiger partial charge in [0.05, 0.1) is 5.56 Å². The fourth-order valence-corrected chi connectivity index (χ4v) is 1.43. The van der Waals surface area contributed by atoms with E-state index in [-0.39, 0.29) is 11.0 Å². The van der Waals surface area contributed by atoms with Crippen molar-refractivity contribution < 1.29 is 19.1 Å². The summed E-state index contributed by atoms with van der Waals surface area (Å²) in [5.41, 5.74) is 0.254.